The molecule has 0 bridgehead atoms. The predicted molar refractivity (Wildman–Crippen MR) is 89.8 cm³/mol. The number of nitrogens with one attached hydrogen (secondary N) is 1. The van der Waals surface area contributed by atoms with Crippen LogP contribution in [0, 0.1) is 6.92 Å². The van der Waals surface area contributed by atoms with Crippen LogP contribution in [0.2, 0.25) is 0 Å². The topological polar surface area (TPSA) is 96.2 Å². The Morgan fingerprint density at radius 1 is 1.29 bits per heavy atom. The molecule has 1 aliphatic heterocycles. The van der Waals surface area contributed by atoms with E-state index in [-0.39, 0.29) is 6.54 Å². The SMILES string of the molecule is Cc1cccc(N2C[C@@H](O)Cn3c2nc2c3c(=O)[nH]c(=O)n2C)c1. The zero-order valence-corrected chi connectivity index (χ0v) is 13.4. The molecule has 1 atom stereocenters. The third kappa shape index (κ3) is 2.07. The van der Waals surface area contributed by atoms with Crippen molar-refractivity contribution in [1.29, 1.82) is 0 Å². The maximum Gasteiger partial charge on any atom is 0.329 e. The number of aliphatic hydroxyl groups excluding tert-OH is 1. The zero-order valence-electron chi connectivity index (χ0n) is 13.4. The van der Waals surface area contributed by atoms with Gasteiger partial charge in [-0.1, -0.05) is 12.1 Å². The Kier molecular flexibility index (Phi) is 3.10. The molecule has 1 aliphatic rings. The Labute approximate surface area is 136 Å². The minimum absolute atomic E-state index is 0.259. The third-order valence-electron chi connectivity index (χ3n) is 4.33. The van der Waals surface area contributed by atoms with Crippen LogP contribution in [0.4, 0.5) is 11.6 Å². The smallest absolute Gasteiger partial charge is 0.329 e. The Bertz CT molecular complexity index is 1060. The molecule has 3 heterocycles. The minimum Gasteiger partial charge on any atom is -0.389 e. The monoisotopic (exact) mass is 327 g/mol. The summed E-state index contributed by atoms with van der Waals surface area (Å²) in [5.74, 6) is 0.549. The highest BCUT2D eigenvalue weighted by Gasteiger charge is 2.29. The van der Waals surface area contributed by atoms with Crippen LogP contribution in [0.15, 0.2) is 33.9 Å². The third-order valence-corrected chi connectivity index (χ3v) is 4.33. The fourth-order valence-electron chi connectivity index (χ4n) is 3.18. The van der Waals surface area contributed by atoms with E-state index in [0.717, 1.165) is 11.3 Å². The van der Waals surface area contributed by atoms with Gasteiger partial charge in [0.1, 0.15) is 0 Å². The van der Waals surface area contributed by atoms with Crippen LogP contribution < -0.4 is 16.1 Å². The number of nitrogens with zero attached hydrogens (tertiary/aromatic N) is 4. The fraction of sp³-hybridized carbons (Fsp3) is 0.312. The highest BCUT2D eigenvalue weighted by molar-refractivity contribution is 5.77. The first-order valence-corrected chi connectivity index (χ1v) is 7.67. The van der Waals surface area contributed by atoms with Gasteiger partial charge in [0.25, 0.3) is 5.56 Å². The second kappa shape index (κ2) is 5.07. The van der Waals surface area contributed by atoms with Gasteiger partial charge in [0.05, 0.1) is 19.2 Å². The van der Waals surface area contributed by atoms with Gasteiger partial charge < -0.3 is 14.6 Å². The summed E-state index contributed by atoms with van der Waals surface area (Å²) in [5.41, 5.74) is 1.57. The zero-order chi connectivity index (χ0) is 17.0. The molecule has 2 aromatic heterocycles. The standard InChI is InChI=1S/C16H17N5O3/c1-9-4-3-5-10(6-9)20-7-11(22)8-21-12-13(17-15(20)21)19(2)16(24)18-14(12)23/h3-6,11,22H,7-8H2,1-2H3,(H,18,23,24)/t11-/m1/s1. The second-order valence-electron chi connectivity index (χ2n) is 6.12. The number of aromatic amines is 1. The van der Waals surface area contributed by atoms with Crippen molar-refractivity contribution in [2.24, 2.45) is 7.05 Å². The number of imidazole rings is 1. The lowest BCUT2D eigenvalue weighted by atomic mass is 10.2. The molecule has 24 heavy (non-hydrogen) atoms. The van der Waals surface area contributed by atoms with Gasteiger partial charge in [-0.2, -0.15) is 4.98 Å². The van der Waals surface area contributed by atoms with Gasteiger partial charge in [0.15, 0.2) is 11.2 Å². The molecule has 0 saturated heterocycles. The summed E-state index contributed by atoms with van der Waals surface area (Å²) in [6.07, 6.45) is -0.646. The molecule has 3 aromatic rings. The van der Waals surface area contributed by atoms with Gasteiger partial charge in [0, 0.05) is 12.7 Å². The van der Waals surface area contributed by atoms with E-state index < -0.39 is 17.4 Å². The van der Waals surface area contributed by atoms with Crippen LogP contribution in [-0.4, -0.2) is 36.9 Å². The number of β-amino-alcohol motifs (C(OH)–C–C–N with tert-alkyl or cyclic N) is 1. The van der Waals surface area contributed by atoms with Crippen LogP contribution in [0.25, 0.3) is 11.2 Å². The fourth-order valence-corrected chi connectivity index (χ4v) is 3.18. The van der Waals surface area contributed by atoms with Crippen molar-refractivity contribution in [3.8, 4) is 0 Å². The molecule has 8 nitrogen and oxygen atoms in total. The Morgan fingerprint density at radius 2 is 2.08 bits per heavy atom. The average Bonchev–Trinajstić information content (AvgIpc) is 2.91. The number of fused-ring (bicyclic) bond motifs is 3. The van der Waals surface area contributed by atoms with Crippen LogP contribution in [0.1, 0.15) is 5.56 Å². The lowest BCUT2D eigenvalue weighted by Crippen LogP contribution is -2.39. The number of rotatable bonds is 1. The lowest BCUT2D eigenvalue weighted by molar-refractivity contribution is 0.154. The molecule has 0 fully saturated rings. The summed E-state index contributed by atoms with van der Waals surface area (Å²) in [6.45, 7) is 2.62. The van der Waals surface area contributed by atoms with Gasteiger partial charge in [-0.05, 0) is 24.6 Å². The van der Waals surface area contributed by atoms with Crippen molar-refractivity contribution in [2.75, 3.05) is 11.4 Å². The van der Waals surface area contributed by atoms with Crippen molar-refractivity contribution >= 4 is 22.8 Å². The van der Waals surface area contributed by atoms with Crippen LogP contribution in [0.5, 0.6) is 0 Å². The maximum absolute atomic E-state index is 12.3. The number of anilines is 2. The van der Waals surface area contributed by atoms with Crippen molar-refractivity contribution in [3.05, 3.63) is 50.7 Å². The summed E-state index contributed by atoms with van der Waals surface area (Å²) in [6, 6.07) is 7.84. The van der Waals surface area contributed by atoms with Crippen LogP contribution in [-0.2, 0) is 13.6 Å². The number of H-pyrrole nitrogens is 1. The molecule has 8 heteroatoms. The van der Waals surface area contributed by atoms with Crippen molar-refractivity contribution in [2.45, 2.75) is 19.6 Å². The van der Waals surface area contributed by atoms with E-state index in [0.29, 0.717) is 23.7 Å². The first-order valence-electron chi connectivity index (χ1n) is 7.67. The van der Waals surface area contributed by atoms with E-state index >= 15 is 0 Å². The van der Waals surface area contributed by atoms with Gasteiger partial charge in [-0.3, -0.25) is 14.3 Å². The number of aliphatic hydroxyl groups is 1. The number of hydrogen-bond donors (Lipinski definition) is 2. The first kappa shape index (κ1) is 14.7. The highest BCUT2D eigenvalue weighted by atomic mass is 16.3. The number of hydrogen-bond acceptors (Lipinski definition) is 5. The maximum atomic E-state index is 12.3. The molecular weight excluding hydrogens is 310 g/mol. The average molecular weight is 327 g/mol. The summed E-state index contributed by atoms with van der Waals surface area (Å²) in [7, 11) is 1.56. The molecule has 124 valence electrons. The quantitative estimate of drug-likeness (QED) is 0.668. The van der Waals surface area contributed by atoms with Crippen LogP contribution in [0.3, 0.4) is 0 Å². The van der Waals surface area contributed by atoms with Crippen molar-refractivity contribution < 1.29 is 5.11 Å². The normalized spacial score (nSPS) is 17.3. The van der Waals surface area contributed by atoms with E-state index in [1.807, 2.05) is 36.1 Å². The number of aryl methyl sites for hydroxylation is 2. The second-order valence-corrected chi connectivity index (χ2v) is 6.12. The Hall–Kier alpha value is -2.87. The lowest BCUT2D eigenvalue weighted by Gasteiger charge is -2.32. The Balaban J connectivity index is 2.02. The molecule has 0 radical (unpaired) electrons. The molecule has 4 rings (SSSR count). The largest absolute Gasteiger partial charge is 0.389 e. The molecule has 0 spiro atoms. The van der Waals surface area contributed by atoms with E-state index in [4.69, 9.17) is 0 Å². The molecule has 0 amide bonds. The molecule has 0 aliphatic carbocycles. The summed E-state index contributed by atoms with van der Waals surface area (Å²) in [5, 5.41) is 10.3. The van der Waals surface area contributed by atoms with Crippen molar-refractivity contribution in [1.82, 2.24) is 19.1 Å². The molecular formula is C16H17N5O3. The summed E-state index contributed by atoms with van der Waals surface area (Å²) < 4.78 is 2.98. The molecule has 0 unspecified atom stereocenters. The van der Waals surface area contributed by atoms with E-state index in [2.05, 4.69) is 9.97 Å². The van der Waals surface area contributed by atoms with Gasteiger partial charge >= 0.3 is 5.69 Å². The highest BCUT2D eigenvalue weighted by Crippen LogP contribution is 2.31. The van der Waals surface area contributed by atoms with E-state index in [9.17, 15) is 14.7 Å². The Morgan fingerprint density at radius 3 is 2.83 bits per heavy atom. The van der Waals surface area contributed by atoms with Gasteiger partial charge in [-0.25, -0.2) is 4.79 Å². The molecule has 1 aromatic carbocycles. The van der Waals surface area contributed by atoms with E-state index in [1.54, 1.807) is 11.6 Å². The summed E-state index contributed by atoms with van der Waals surface area (Å²) >= 11 is 0. The number of aromatic nitrogens is 4. The molecule has 0 saturated carbocycles. The number of benzene rings is 1. The minimum atomic E-state index is -0.646. The molecule has 2 N–H and O–H groups in total. The van der Waals surface area contributed by atoms with Crippen molar-refractivity contribution in [3.63, 3.8) is 0 Å². The first-order chi connectivity index (χ1) is 11.5. The van der Waals surface area contributed by atoms with E-state index in [1.165, 1.54) is 4.57 Å². The predicted octanol–water partition coefficient (Wildman–Crippen LogP) is 0.244. The van der Waals surface area contributed by atoms with Gasteiger partial charge in [-0.15, -0.1) is 0 Å². The van der Waals surface area contributed by atoms with Crippen LogP contribution >= 0.6 is 0 Å². The summed E-state index contributed by atoms with van der Waals surface area (Å²) in [4.78, 5) is 32.8. The van der Waals surface area contributed by atoms with Gasteiger partial charge in [0.2, 0.25) is 5.95 Å².